The molecule has 1 aromatic heterocycles. The summed E-state index contributed by atoms with van der Waals surface area (Å²) in [5, 5.41) is 7.12. The van der Waals surface area contributed by atoms with Crippen LogP contribution < -0.4 is 4.90 Å². The normalized spacial score (nSPS) is 11.5. The Hall–Kier alpha value is -6.90. The van der Waals surface area contributed by atoms with Gasteiger partial charge in [-0.1, -0.05) is 158 Å². The Bertz CT molecular complexity index is 2880. The number of rotatable bonds is 6. The average molecular weight is 664 g/mol. The van der Waals surface area contributed by atoms with E-state index in [0.717, 1.165) is 50.0 Å². The van der Waals surface area contributed by atoms with Crippen molar-refractivity contribution in [1.82, 2.24) is 0 Å². The Balaban J connectivity index is 1.17. The lowest BCUT2D eigenvalue weighted by Gasteiger charge is -2.28. The van der Waals surface area contributed by atoms with Crippen LogP contribution in [-0.4, -0.2) is 0 Å². The van der Waals surface area contributed by atoms with Gasteiger partial charge in [0.05, 0.1) is 5.69 Å². The van der Waals surface area contributed by atoms with Crippen molar-refractivity contribution in [3.05, 3.63) is 200 Å². The first-order chi connectivity index (χ1) is 25.8. The van der Waals surface area contributed by atoms with Crippen LogP contribution in [0.1, 0.15) is 0 Å². The van der Waals surface area contributed by atoms with Gasteiger partial charge in [0.15, 0.2) is 0 Å². The topological polar surface area (TPSA) is 16.4 Å². The number of benzene rings is 9. The second kappa shape index (κ2) is 12.5. The van der Waals surface area contributed by atoms with Crippen molar-refractivity contribution < 1.29 is 4.42 Å². The fourth-order valence-corrected chi connectivity index (χ4v) is 7.84. The molecule has 0 spiro atoms. The van der Waals surface area contributed by atoms with Gasteiger partial charge in [0.2, 0.25) is 0 Å². The van der Waals surface area contributed by atoms with Crippen LogP contribution >= 0.6 is 0 Å². The first kappa shape index (κ1) is 30.0. The summed E-state index contributed by atoms with van der Waals surface area (Å²) < 4.78 is 6.42. The zero-order valence-electron chi connectivity index (χ0n) is 28.4. The maximum absolute atomic E-state index is 6.42. The minimum atomic E-state index is 0.904. The predicted octanol–water partition coefficient (Wildman–Crippen LogP) is 14.4. The summed E-state index contributed by atoms with van der Waals surface area (Å²) in [6.07, 6.45) is 0. The summed E-state index contributed by atoms with van der Waals surface area (Å²) in [5.41, 5.74) is 12.2. The van der Waals surface area contributed by atoms with Gasteiger partial charge in [-0.3, -0.25) is 0 Å². The molecule has 9 aromatic carbocycles. The molecule has 0 N–H and O–H groups in total. The Morgan fingerprint density at radius 2 is 0.904 bits per heavy atom. The van der Waals surface area contributed by atoms with E-state index >= 15 is 0 Å². The van der Waals surface area contributed by atoms with E-state index in [1.54, 1.807) is 0 Å². The standard InChI is InChI=1S/C50H33NO/c1-2-13-34(14-3-1)35-25-29-39(30-26-35)51(46-23-10-8-20-44(46)43-22-12-17-36-15-4-6-18-41(36)43)40-31-27-37(28-32-40)49-42-19-7-5-16-38(42)33-48-50(49)45-21-9-11-24-47(45)52-48/h1-33H. The minimum Gasteiger partial charge on any atom is -0.456 e. The molecule has 0 amide bonds. The highest BCUT2D eigenvalue weighted by Crippen LogP contribution is 2.45. The van der Waals surface area contributed by atoms with E-state index < -0.39 is 0 Å². The molecule has 0 fully saturated rings. The molecule has 1 heterocycles. The lowest BCUT2D eigenvalue weighted by Crippen LogP contribution is -2.11. The summed E-state index contributed by atoms with van der Waals surface area (Å²) >= 11 is 0. The Morgan fingerprint density at radius 3 is 1.69 bits per heavy atom. The van der Waals surface area contributed by atoms with Crippen molar-refractivity contribution in [2.75, 3.05) is 4.90 Å². The van der Waals surface area contributed by atoms with Crippen LogP contribution in [0.3, 0.4) is 0 Å². The van der Waals surface area contributed by atoms with Crippen molar-refractivity contribution in [3.8, 4) is 33.4 Å². The molecule has 10 aromatic rings. The monoisotopic (exact) mass is 663 g/mol. The highest BCUT2D eigenvalue weighted by molar-refractivity contribution is 6.20. The van der Waals surface area contributed by atoms with Crippen molar-refractivity contribution in [2.24, 2.45) is 0 Å². The number of nitrogens with zero attached hydrogens (tertiary/aromatic N) is 1. The molecule has 0 unspecified atom stereocenters. The van der Waals surface area contributed by atoms with Gasteiger partial charge in [-0.2, -0.15) is 0 Å². The molecule has 2 heteroatoms. The lowest BCUT2D eigenvalue weighted by molar-refractivity contribution is 0.669. The van der Waals surface area contributed by atoms with E-state index in [4.69, 9.17) is 4.42 Å². The fourth-order valence-electron chi connectivity index (χ4n) is 7.84. The van der Waals surface area contributed by atoms with Gasteiger partial charge >= 0.3 is 0 Å². The quantitative estimate of drug-likeness (QED) is 0.176. The third kappa shape index (κ3) is 5.04. The van der Waals surface area contributed by atoms with Crippen LogP contribution in [0.4, 0.5) is 17.1 Å². The second-order valence-electron chi connectivity index (χ2n) is 13.3. The second-order valence-corrected chi connectivity index (χ2v) is 13.3. The molecule has 10 rings (SSSR count). The summed E-state index contributed by atoms with van der Waals surface area (Å²) in [6, 6.07) is 71.7. The number of fused-ring (bicyclic) bond motifs is 5. The van der Waals surface area contributed by atoms with Crippen LogP contribution in [0.5, 0.6) is 0 Å². The third-order valence-electron chi connectivity index (χ3n) is 10.3. The molecule has 2 nitrogen and oxygen atoms in total. The molecule has 52 heavy (non-hydrogen) atoms. The maximum Gasteiger partial charge on any atom is 0.136 e. The van der Waals surface area contributed by atoms with Crippen molar-refractivity contribution >= 4 is 60.5 Å². The number of anilines is 3. The number of para-hydroxylation sites is 2. The van der Waals surface area contributed by atoms with Gasteiger partial charge in [-0.15, -0.1) is 0 Å². The molecular weight excluding hydrogens is 631 g/mol. The number of hydrogen-bond acceptors (Lipinski definition) is 2. The van der Waals surface area contributed by atoms with Gasteiger partial charge in [-0.25, -0.2) is 0 Å². The zero-order chi connectivity index (χ0) is 34.4. The van der Waals surface area contributed by atoms with E-state index in [1.807, 2.05) is 6.07 Å². The summed E-state index contributed by atoms with van der Waals surface area (Å²) in [6.45, 7) is 0. The van der Waals surface area contributed by atoms with Gasteiger partial charge in [-0.05, 0) is 86.3 Å². The number of furan rings is 1. The molecule has 0 aliphatic heterocycles. The fraction of sp³-hybridized carbons (Fsp3) is 0. The minimum absolute atomic E-state index is 0.904. The summed E-state index contributed by atoms with van der Waals surface area (Å²) in [4.78, 5) is 2.39. The van der Waals surface area contributed by atoms with E-state index in [2.05, 4.69) is 199 Å². The largest absolute Gasteiger partial charge is 0.456 e. The maximum atomic E-state index is 6.42. The first-order valence-corrected chi connectivity index (χ1v) is 17.8. The van der Waals surface area contributed by atoms with E-state index in [9.17, 15) is 0 Å². The summed E-state index contributed by atoms with van der Waals surface area (Å²) in [7, 11) is 0. The van der Waals surface area contributed by atoms with Crippen LogP contribution in [0, 0.1) is 0 Å². The lowest BCUT2D eigenvalue weighted by atomic mass is 9.93. The molecule has 0 aliphatic carbocycles. The van der Waals surface area contributed by atoms with Crippen molar-refractivity contribution in [3.63, 3.8) is 0 Å². The number of hydrogen-bond donors (Lipinski definition) is 0. The molecule has 0 aliphatic rings. The molecule has 244 valence electrons. The molecule has 0 saturated carbocycles. The van der Waals surface area contributed by atoms with Crippen molar-refractivity contribution in [2.45, 2.75) is 0 Å². The first-order valence-electron chi connectivity index (χ1n) is 17.8. The van der Waals surface area contributed by atoms with Gasteiger partial charge < -0.3 is 9.32 Å². The van der Waals surface area contributed by atoms with Crippen LogP contribution in [0.25, 0.3) is 76.9 Å². The Kier molecular flexibility index (Phi) is 7.18. The van der Waals surface area contributed by atoms with Gasteiger partial charge in [0, 0.05) is 33.3 Å². The SMILES string of the molecule is c1ccc(-c2ccc(N(c3ccc(-c4c5ccccc5cc5oc6ccccc6c45)cc3)c3ccccc3-c3cccc4ccccc34)cc2)cc1. The molecular formula is C50H33NO. The predicted molar refractivity (Wildman–Crippen MR) is 220 cm³/mol. The van der Waals surface area contributed by atoms with E-state index in [-0.39, 0.29) is 0 Å². The molecule has 0 bridgehead atoms. The molecule has 0 atom stereocenters. The average Bonchev–Trinajstić information content (AvgIpc) is 3.59. The third-order valence-corrected chi connectivity index (χ3v) is 10.3. The van der Waals surface area contributed by atoms with Crippen molar-refractivity contribution in [1.29, 1.82) is 0 Å². The van der Waals surface area contributed by atoms with Crippen LogP contribution in [-0.2, 0) is 0 Å². The summed E-state index contributed by atoms with van der Waals surface area (Å²) in [5.74, 6) is 0. The zero-order valence-corrected chi connectivity index (χ0v) is 28.4. The molecule has 0 saturated heterocycles. The van der Waals surface area contributed by atoms with Gasteiger partial charge in [0.25, 0.3) is 0 Å². The van der Waals surface area contributed by atoms with Crippen LogP contribution in [0.2, 0.25) is 0 Å². The van der Waals surface area contributed by atoms with Crippen LogP contribution in [0.15, 0.2) is 205 Å². The highest BCUT2D eigenvalue weighted by Gasteiger charge is 2.20. The Labute approximate surface area is 302 Å². The van der Waals surface area contributed by atoms with Gasteiger partial charge in [0.1, 0.15) is 11.2 Å². The Morgan fingerprint density at radius 1 is 0.346 bits per heavy atom. The smallest absolute Gasteiger partial charge is 0.136 e. The highest BCUT2D eigenvalue weighted by atomic mass is 16.3. The van der Waals surface area contributed by atoms with E-state index in [1.165, 1.54) is 44.0 Å². The molecule has 0 radical (unpaired) electrons. The van der Waals surface area contributed by atoms with E-state index in [0.29, 0.717) is 0 Å².